The van der Waals surface area contributed by atoms with Gasteiger partial charge in [-0.2, -0.15) is 0 Å². The normalized spacial score (nSPS) is 21.8. The van der Waals surface area contributed by atoms with E-state index in [9.17, 15) is 0 Å². The lowest BCUT2D eigenvalue weighted by Gasteiger charge is -2.33. The van der Waals surface area contributed by atoms with E-state index in [0.717, 1.165) is 0 Å². The molecule has 0 radical (unpaired) electrons. The molecule has 0 unspecified atom stereocenters. The van der Waals surface area contributed by atoms with Crippen LogP contribution in [0.5, 0.6) is 0 Å². The van der Waals surface area contributed by atoms with Crippen LogP contribution in [-0.4, -0.2) is 97.0 Å². The molecule has 0 N–H and O–H groups in total. The zero-order valence-corrected chi connectivity index (χ0v) is 17.8. The Labute approximate surface area is 162 Å². The Hall–Kier alpha value is 0.330. The number of hydrogen-bond donors (Lipinski definition) is 0. The summed E-state index contributed by atoms with van der Waals surface area (Å²) in [5.74, 6) is 0. The maximum absolute atomic E-state index is 5.80. The molecular formula is C16H34NO7PS. The molecule has 156 valence electrons. The highest BCUT2D eigenvalue weighted by Crippen LogP contribution is 2.51. The molecule has 0 saturated carbocycles. The maximum Gasteiger partial charge on any atom is 0.264 e. The molecule has 0 aromatic heterocycles. The first-order valence-electron chi connectivity index (χ1n) is 9.26. The average Bonchev–Trinajstić information content (AvgIpc) is 2.62. The summed E-state index contributed by atoms with van der Waals surface area (Å²) in [7, 11) is 0. The third-order valence-corrected chi connectivity index (χ3v) is 6.99. The molecule has 1 heterocycles. The van der Waals surface area contributed by atoms with Crippen molar-refractivity contribution in [3.63, 3.8) is 0 Å². The maximum atomic E-state index is 5.80. The molecule has 0 spiro atoms. The molecule has 8 nitrogen and oxygen atoms in total. The minimum absolute atomic E-state index is 0.513. The third-order valence-electron chi connectivity index (χ3n) is 3.41. The third kappa shape index (κ3) is 11.2. The van der Waals surface area contributed by atoms with Crippen LogP contribution < -0.4 is 0 Å². The number of hydrogen-bond acceptors (Lipinski definition) is 8. The molecule has 0 amide bonds. The molecule has 1 saturated heterocycles. The van der Waals surface area contributed by atoms with Crippen LogP contribution in [-0.2, 0) is 44.5 Å². The Morgan fingerprint density at radius 2 is 0.962 bits per heavy atom. The van der Waals surface area contributed by atoms with Gasteiger partial charge in [0.05, 0.1) is 79.3 Å². The van der Waals surface area contributed by atoms with Gasteiger partial charge in [0, 0.05) is 13.1 Å². The van der Waals surface area contributed by atoms with Gasteiger partial charge in [-0.3, -0.25) is 0 Å². The minimum Gasteiger partial charge on any atom is -0.378 e. The minimum atomic E-state index is -2.52. The Bertz CT molecular complexity index is 351. The Morgan fingerprint density at radius 1 is 0.654 bits per heavy atom. The fraction of sp³-hybridized carbons (Fsp3) is 1.00. The van der Waals surface area contributed by atoms with Crippen LogP contribution in [0.2, 0.25) is 0 Å². The summed E-state index contributed by atoms with van der Waals surface area (Å²) >= 11 is 5.70. The summed E-state index contributed by atoms with van der Waals surface area (Å²) in [6.45, 7) is 9.00. The second-order valence-corrected chi connectivity index (χ2v) is 8.72. The largest absolute Gasteiger partial charge is 0.378 e. The van der Waals surface area contributed by atoms with Crippen LogP contribution in [0.1, 0.15) is 13.8 Å². The van der Waals surface area contributed by atoms with Crippen molar-refractivity contribution >= 4 is 18.4 Å². The highest BCUT2D eigenvalue weighted by Gasteiger charge is 2.27. The summed E-state index contributed by atoms with van der Waals surface area (Å²) < 4.78 is 41.3. The van der Waals surface area contributed by atoms with Crippen molar-refractivity contribution in [2.75, 3.05) is 92.4 Å². The van der Waals surface area contributed by atoms with Crippen molar-refractivity contribution in [2.45, 2.75) is 13.8 Å². The molecule has 0 aliphatic carbocycles. The van der Waals surface area contributed by atoms with Gasteiger partial charge in [0.1, 0.15) is 0 Å². The monoisotopic (exact) mass is 415 g/mol. The number of ether oxygens (including phenoxy) is 5. The lowest BCUT2D eigenvalue weighted by Crippen LogP contribution is -2.31. The predicted octanol–water partition coefficient (Wildman–Crippen LogP) is 1.68. The van der Waals surface area contributed by atoms with Gasteiger partial charge >= 0.3 is 0 Å². The topological polar surface area (TPSA) is 67.9 Å². The molecule has 1 rings (SSSR count). The molecular weight excluding hydrogens is 381 g/mol. The van der Waals surface area contributed by atoms with Crippen LogP contribution in [0.25, 0.3) is 0 Å². The van der Waals surface area contributed by atoms with Gasteiger partial charge < -0.3 is 32.7 Å². The van der Waals surface area contributed by atoms with Gasteiger partial charge in [-0.1, -0.05) is 0 Å². The number of rotatable bonds is 5. The summed E-state index contributed by atoms with van der Waals surface area (Å²) in [4.78, 5) is 0. The highest BCUT2D eigenvalue weighted by atomic mass is 32.5. The zero-order chi connectivity index (χ0) is 18.9. The van der Waals surface area contributed by atoms with E-state index in [1.54, 1.807) is 0 Å². The summed E-state index contributed by atoms with van der Waals surface area (Å²) in [6.07, 6.45) is 0. The van der Waals surface area contributed by atoms with Crippen molar-refractivity contribution in [1.82, 2.24) is 4.67 Å². The lowest BCUT2D eigenvalue weighted by atomic mass is 10.6. The van der Waals surface area contributed by atoms with E-state index in [1.165, 1.54) is 0 Å². The van der Waals surface area contributed by atoms with E-state index in [4.69, 9.17) is 44.5 Å². The molecule has 0 aromatic rings. The van der Waals surface area contributed by atoms with E-state index < -0.39 is 6.64 Å². The van der Waals surface area contributed by atoms with Gasteiger partial charge in [-0.15, -0.1) is 0 Å². The molecule has 0 aromatic carbocycles. The Balaban J connectivity index is 2.53. The molecule has 10 heteroatoms. The van der Waals surface area contributed by atoms with Gasteiger partial charge in [0.2, 0.25) is 0 Å². The number of nitrogens with zero attached hydrogens (tertiary/aromatic N) is 1. The quantitative estimate of drug-likeness (QED) is 0.624. The van der Waals surface area contributed by atoms with Crippen molar-refractivity contribution in [1.29, 1.82) is 0 Å². The molecule has 1 fully saturated rings. The molecule has 0 atom stereocenters. The first-order valence-corrected chi connectivity index (χ1v) is 11.8. The molecule has 1 aliphatic heterocycles. The summed E-state index contributed by atoms with van der Waals surface area (Å²) in [5, 5.41) is 0. The van der Waals surface area contributed by atoms with Crippen LogP contribution in [0.3, 0.4) is 0 Å². The fourth-order valence-electron chi connectivity index (χ4n) is 2.21. The van der Waals surface area contributed by atoms with E-state index in [1.807, 2.05) is 18.5 Å². The molecule has 0 bridgehead atoms. The van der Waals surface area contributed by atoms with Gasteiger partial charge in [-0.05, 0) is 25.7 Å². The second kappa shape index (κ2) is 16.3. The SMILES string of the molecule is CCOP(=S)(OCC)N1CCOCCOCCOCCOCCOCC1. The molecule has 26 heavy (non-hydrogen) atoms. The van der Waals surface area contributed by atoms with Crippen LogP contribution in [0.15, 0.2) is 0 Å². The first kappa shape index (κ1) is 24.4. The molecule has 1 aliphatic rings. The van der Waals surface area contributed by atoms with Crippen molar-refractivity contribution in [3.8, 4) is 0 Å². The second-order valence-electron chi connectivity index (χ2n) is 5.32. The van der Waals surface area contributed by atoms with E-state index in [0.29, 0.717) is 92.4 Å². The predicted molar refractivity (Wildman–Crippen MR) is 103 cm³/mol. The van der Waals surface area contributed by atoms with Crippen LogP contribution in [0, 0.1) is 0 Å². The van der Waals surface area contributed by atoms with E-state index >= 15 is 0 Å². The highest BCUT2D eigenvalue weighted by molar-refractivity contribution is 8.08. The van der Waals surface area contributed by atoms with Gasteiger partial charge in [-0.25, -0.2) is 4.67 Å². The smallest absolute Gasteiger partial charge is 0.264 e. The first-order chi connectivity index (χ1) is 12.7. The fourth-order valence-corrected chi connectivity index (χ4v) is 5.03. The Morgan fingerprint density at radius 3 is 1.27 bits per heavy atom. The standard InChI is InChI=1S/C16H34NO7PS/c1-3-23-25(26,24-4-2)17-5-7-18-9-11-20-13-15-22-16-14-21-12-10-19-8-6-17/h3-16H2,1-2H3. The van der Waals surface area contributed by atoms with Crippen molar-refractivity contribution in [3.05, 3.63) is 0 Å². The van der Waals surface area contributed by atoms with Crippen LogP contribution in [0.4, 0.5) is 0 Å². The van der Waals surface area contributed by atoms with E-state index in [-0.39, 0.29) is 0 Å². The zero-order valence-electron chi connectivity index (χ0n) is 16.1. The van der Waals surface area contributed by atoms with Crippen molar-refractivity contribution in [2.24, 2.45) is 0 Å². The van der Waals surface area contributed by atoms with E-state index in [2.05, 4.69) is 0 Å². The van der Waals surface area contributed by atoms with Crippen molar-refractivity contribution < 1.29 is 32.7 Å². The van der Waals surface area contributed by atoms with Crippen LogP contribution >= 0.6 is 6.64 Å². The summed E-state index contributed by atoms with van der Waals surface area (Å²) in [6, 6.07) is 0. The average molecular weight is 415 g/mol. The lowest BCUT2D eigenvalue weighted by molar-refractivity contribution is -0.0159. The summed E-state index contributed by atoms with van der Waals surface area (Å²) in [5.41, 5.74) is 0. The van der Waals surface area contributed by atoms with Gasteiger partial charge in [0.15, 0.2) is 0 Å². The Kier molecular flexibility index (Phi) is 15.3. The van der Waals surface area contributed by atoms with Gasteiger partial charge in [0.25, 0.3) is 6.64 Å².